The fourth-order valence-electron chi connectivity index (χ4n) is 4.87. The van der Waals surface area contributed by atoms with Crippen LogP contribution >= 0.6 is 0 Å². The molecular weight excluding hydrogens is 462 g/mol. The Labute approximate surface area is 198 Å². The van der Waals surface area contributed by atoms with Crippen molar-refractivity contribution in [2.45, 2.75) is 24.4 Å². The van der Waals surface area contributed by atoms with Crippen molar-refractivity contribution in [2.75, 3.05) is 44.4 Å². The smallest absolute Gasteiger partial charge is 0.193 e. The number of hydrogen-bond acceptors (Lipinski definition) is 8. The van der Waals surface area contributed by atoms with Crippen LogP contribution in [0.3, 0.4) is 0 Å². The number of ether oxygens (including phenoxy) is 4. The second kappa shape index (κ2) is 8.73. The van der Waals surface area contributed by atoms with E-state index in [1.54, 1.807) is 6.07 Å². The van der Waals surface area contributed by atoms with Crippen molar-refractivity contribution in [1.29, 1.82) is 5.26 Å². The number of aromatic amines is 1. The molecule has 9 nitrogen and oxygen atoms in total. The number of nitriles is 1. The first-order valence-corrected chi connectivity index (χ1v) is 11.4. The van der Waals surface area contributed by atoms with Gasteiger partial charge in [0.25, 0.3) is 0 Å². The van der Waals surface area contributed by atoms with E-state index in [4.69, 9.17) is 18.9 Å². The molecule has 2 aromatic heterocycles. The average molecular weight is 484 g/mol. The zero-order valence-electron chi connectivity index (χ0n) is 18.5. The zero-order chi connectivity index (χ0) is 24.1. The van der Waals surface area contributed by atoms with Gasteiger partial charge in [-0.1, -0.05) is 0 Å². The molecule has 3 aliphatic heterocycles. The number of H-pyrrole nitrogens is 1. The van der Waals surface area contributed by atoms with Gasteiger partial charge in [-0.2, -0.15) is 5.26 Å². The van der Waals surface area contributed by atoms with Gasteiger partial charge >= 0.3 is 0 Å². The highest BCUT2D eigenvalue weighted by atomic mass is 19.1. The quantitative estimate of drug-likeness (QED) is 0.579. The highest BCUT2D eigenvalue weighted by Gasteiger charge is 2.48. The Morgan fingerprint density at radius 2 is 1.83 bits per heavy atom. The Bertz CT molecular complexity index is 1300. The van der Waals surface area contributed by atoms with E-state index in [2.05, 4.69) is 9.97 Å². The summed E-state index contributed by atoms with van der Waals surface area (Å²) in [7, 11) is 0. The highest BCUT2D eigenvalue weighted by molar-refractivity contribution is 5.84. The molecule has 0 spiro atoms. The van der Waals surface area contributed by atoms with Crippen molar-refractivity contribution >= 4 is 16.7 Å². The van der Waals surface area contributed by atoms with Gasteiger partial charge in [-0.05, 0) is 18.2 Å². The average Bonchev–Trinajstić information content (AvgIpc) is 3.55. The summed E-state index contributed by atoms with van der Waals surface area (Å²) in [5, 5.41) is 19.6. The molecule has 0 unspecified atom stereocenters. The topological polar surface area (TPSA) is 113 Å². The number of nitrogens with one attached hydrogen (secondary N) is 1. The second-order valence-corrected chi connectivity index (χ2v) is 8.77. The summed E-state index contributed by atoms with van der Waals surface area (Å²) >= 11 is 0. The number of pyridine rings is 1. The molecule has 0 aliphatic carbocycles. The lowest BCUT2D eigenvalue weighted by Crippen LogP contribution is -2.36. The van der Waals surface area contributed by atoms with Crippen molar-refractivity contribution in [3.05, 3.63) is 41.5 Å². The first-order chi connectivity index (χ1) is 17.0. The van der Waals surface area contributed by atoms with Crippen molar-refractivity contribution in [3.8, 4) is 23.2 Å². The SMILES string of the molecule is N#Cc1cc2[nH]c(O[C@@H]3CO[C@H]4[C@@H]3OC[C@H]4O)cc2nc1-c1c(F)cc(N2CCOCC2)cc1F. The van der Waals surface area contributed by atoms with E-state index in [1.165, 1.54) is 18.2 Å². The van der Waals surface area contributed by atoms with Gasteiger partial charge in [0.1, 0.15) is 36.0 Å². The van der Waals surface area contributed by atoms with Gasteiger partial charge in [0, 0.05) is 24.8 Å². The number of benzene rings is 1. The molecule has 3 aromatic rings. The summed E-state index contributed by atoms with van der Waals surface area (Å²) < 4.78 is 52.8. The van der Waals surface area contributed by atoms with E-state index in [1.807, 2.05) is 11.0 Å². The van der Waals surface area contributed by atoms with Gasteiger partial charge in [-0.25, -0.2) is 13.8 Å². The molecule has 3 fully saturated rings. The van der Waals surface area contributed by atoms with Crippen molar-refractivity contribution in [1.82, 2.24) is 9.97 Å². The largest absolute Gasteiger partial charge is 0.470 e. The molecule has 0 amide bonds. The number of hydrogen-bond donors (Lipinski definition) is 2. The van der Waals surface area contributed by atoms with E-state index in [9.17, 15) is 10.4 Å². The Hall–Kier alpha value is -3.30. The Morgan fingerprint density at radius 3 is 2.57 bits per heavy atom. The van der Waals surface area contributed by atoms with Crippen LogP contribution < -0.4 is 9.64 Å². The van der Waals surface area contributed by atoms with Crippen molar-refractivity contribution in [2.24, 2.45) is 0 Å². The zero-order valence-corrected chi connectivity index (χ0v) is 18.5. The van der Waals surface area contributed by atoms with Gasteiger partial charge in [0.2, 0.25) is 0 Å². The summed E-state index contributed by atoms with van der Waals surface area (Å²) in [6, 6.07) is 7.59. The molecule has 5 heterocycles. The Balaban J connectivity index is 1.32. The highest BCUT2D eigenvalue weighted by Crippen LogP contribution is 2.35. The fourth-order valence-corrected chi connectivity index (χ4v) is 4.87. The lowest BCUT2D eigenvalue weighted by atomic mass is 10.0. The van der Waals surface area contributed by atoms with Gasteiger partial charge in [-0.3, -0.25) is 0 Å². The van der Waals surface area contributed by atoms with Crippen LogP contribution in [0.1, 0.15) is 5.56 Å². The predicted molar refractivity (Wildman–Crippen MR) is 119 cm³/mol. The van der Waals surface area contributed by atoms with Crippen LogP contribution in [0.25, 0.3) is 22.3 Å². The van der Waals surface area contributed by atoms with Gasteiger partial charge in [0.05, 0.1) is 54.3 Å². The number of aliphatic hydroxyl groups excluding tert-OH is 1. The van der Waals surface area contributed by atoms with Gasteiger partial charge in [0.15, 0.2) is 12.0 Å². The maximum absolute atomic E-state index is 15.2. The van der Waals surface area contributed by atoms with Gasteiger partial charge in [-0.15, -0.1) is 0 Å². The third-order valence-electron chi connectivity index (χ3n) is 6.60. The number of halogens is 2. The first kappa shape index (κ1) is 22.2. The standard InChI is InChI=1S/C24H22F2N4O5/c25-14-6-13(30-1-3-32-4-2-30)7-15(26)21(14)22-12(9-27)5-16-17(29-22)8-20(28-16)35-19-11-34-23-18(31)10-33-24(19)23/h5-8,18-19,23-24,28,31H,1-4,10-11H2/t18-,19-,23-,24-/m1/s1. The molecule has 4 atom stereocenters. The Morgan fingerprint density at radius 1 is 1.09 bits per heavy atom. The van der Waals surface area contributed by atoms with Crippen LogP contribution in [-0.2, 0) is 14.2 Å². The minimum absolute atomic E-state index is 0.0225. The molecule has 182 valence electrons. The van der Waals surface area contributed by atoms with Gasteiger partial charge < -0.3 is 33.9 Å². The number of fused-ring (bicyclic) bond motifs is 2. The molecule has 3 aliphatic rings. The molecule has 3 saturated heterocycles. The van der Waals surface area contributed by atoms with Crippen LogP contribution in [0.15, 0.2) is 24.3 Å². The van der Waals surface area contributed by atoms with Crippen LogP contribution in [0.4, 0.5) is 14.5 Å². The predicted octanol–water partition coefficient (Wildman–Crippen LogP) is 2.12. The van der Waals surface area contributed by atoms with E-state index in [0.29, 0.717) is 48.9 Å². The minimum atomic E-state index is -0.798. The van der Waals surface area contributed by atoms with Crippen molar-refractivity contribution < 1.29 is 32.8 Å². The van der Waals surface area contributed by atoms with E-state index < -0.39 is 36.1 Å². The third-order valence-corrected chi connectivity index (χ3v) is 6.60. The number of anilines is 1. The van der Waals surface area contributed by atoms with Crippen LogP contribution in [0.5, 0.6) is 5.88 Å². The minimum Gasteiger partial charge on any atom is -0.470 e. The molecule has 0 radical (unpaired) electrons. The number of aliphatic hydroxyl groups is 1. The Kier molecular flexibility index (Phi) is 5.53. The fraction of sp³-hybridized carbons (Fsp3) is 0.417. The molecule has 0 bridgehead atoms. The number of rotatable bonds is 4. The lowest BCUT2D eigenvalue weighted by molar-refractivity contribution is 0.00794. The van der Waals surface area contributed by atoms with Crippen molar-refractivity contribution in [3.63, 3.8) is 0 Å². The molecule has 1 aromatic carbocycles. The maximum Gasteiger partial charge on any atom is 0.193 e. The third kappa shape index (κ3) is 3.88. The lowest BCUT2D eigenvalue weighted by Gasteiger charge is -2.29. The monoisotopic (exact) mass is 484 g/mol. The number of morpholine rings is 1. The molecule has 11 heteroatoms. The van der Waals surface area contributed by atoms with Crippen LogP contribution in [0.2, 0.25) is 0 Å². The molecular formula is C24H22F2N4O5. The van der Waals surface area contributed by atoms with Crippen LogP contribution in [-0.4, -0.2) is 79.0 Å². The van der Waals surface area contributed by atoms with E-state index in [-0.39, 0.29) is 30.0 Å². The summed E-state index contributed by atoms with van der Waals surface area (Å²) in [4.78, 5) is 9.29. The molecule has 0 saturated carbocycles. The van der Waals surface area contributed by atoms with Crippen LogP contribution in [0, 0.1) is 23.0 Å². The maximum atomic E-state index is 15.2. The first-order valence-electron chi connectivity index (χ1n) is 11.4. The van der Waals surface area contributed by atoms with E-state index in [0.717, 1.165) is 0 Å². The molecule has 6 rings (SSSR count). The van der Waals surface area contributed by atoms with E-state index >= 15 is 8.78 Å². The summed E-state index contributed by atoms with van der Waals surface area (Å²) in [5.41, 5.74) is 0.863. The summed E-state index contributed by atoms with van der Waals surface area (Å²) in [6.07, 6.45) is -1.98. The summed E-state index contributed by atoms with van der Waals surface area (Å²) in [6.45, 7) is 2.47. The molecule has 2 N–H and O–H groups in total. The number of nitrogens with zero attached hydrogens (tertiary/aromatic N) is 3. The normalized spacial score (nSPS) is 26.2. The molecule has 35 heavy (non-hydrogen) atoms. The summed E-state index contributed by atoms with van der Waals surface area (Å²) in [5.74, 6) is -1.25. The second-order valence-electron chi connectivity index (χ2n) is 8.77. The number of aromatic nitrogens is 2.